The normalized spacial score (nSPS) is 14.9. The molecule has 2 heteroatoms. The van der Waals surface area contributed by atoms with Crippen molar-refractivity contribution in [1.82, 2.24) is 0 Å². The molecule has 0 aliphatic carbocycles. The van der Waals surface area contributed by atoms with Crippen LogP contribution >= 0.6 is 0 Å². The third kappa shape index (κ3) is 3.11. The molecule has 0 radical (unpaired) electrons. The highest BCUT2D eigenvalue weighted by Gasteiger charge is 2.22. The van der Waals surface area contributed by atoms with Gasteiger partial charge in [0.1, 0.15) is 0 Å². The largest absolute Gasteiger partial charge is 0.386 e. The fourth-order valence-corrected chi connectivity index (χ4v) is 3.00. The number of benzene rings is 2. The third-order valence-electron chi connectivity index (χ3n) is 4.22. The average Bonchev–Trinajstić information content (AvgIpc) is 2.47. The highest BCUT2D eigenvalue weighted by atomic mass is 16.3. The lowest BCUT2D eigenvalue weighted by molar-refractivity contribution is 0.0786. The molecule has 110 valence electrons. The molecule has 3 rings (SSSR count). The van der Waals surface area contributed by atoms with Crippen molar-refractivity contribution in [2.45, 2.75) is 38.8 Å². The summed E-state index contributed by atoms with van der Waals surface area (Å²) >= 11 is 0. The van der Waals surface area contributed by atoms with E-state index in [-0.39, 0.29) is 0 Å². The van der Waals surface area contributed by atoms with Gasteiger partial charge >= 0.3 is 0 Å². The van der Waals surface area contributed by atoms with Crippen molar-refractivity contribution in [1.29, 1.82) is 0 Å². The van der Waals surface area contributed by atoms with Gasteiger partial charge in [0.05, 0.1) is 5.60 Å². The van der Waals surface area contributed by atoms with Crippen LogP contribution in [0.1, 0.15) is 37.0 Å². The lowest BCUT2D eigenvalue weighted by Gasteiger charge is -2.33. The predicted octanol–water partition coefficient (Wildman–Crippen LogP) is 3.87. The van der Waals surface area contributed by atoms with Crippen LogP contribution in [0.25, 0.3) is 0 Å². The fourth-order valence-electron chi connectivity index (χ4n) is 3.00. The van der Waals surface area contributed by atoms with E-state index in [4.69, 9.17) is 0 Å². The number of aliphatic hydroxyl groups is 1. The number of aryl methyl sites for hydroxylation is 1. The van der Waals surface area contributed by atoms with Gasteiger partial charge in [0, 0.05) is 18.8 Å². The maximum absolute atomic E-state index is 10.2. The average molecular weight is 281 g/mol. The van der Waals surface area contributed by atoms with Crippen LogP contribution in [0.5, 0.6) is 0 Å². The molecule has 1 N–H and O–H groups in total. The highest BCUT2D eigenvalue weighted by Crippen LogP contribution is 2.32. The van der Waals surface area contributed by atoms with Crippen molar-refractivity contribution < 1.29 is 5.11 Å². The Labute approximate surface area is 127 Å². The Kier molecular flexibility index (Phi) is 3.73. The first-order chi connectivity index (χ1) is 10.0. The maximum atomic E-state index is 10.2. The minimum absolute atomic E-state index is 0.787. The molecular formula is C19H23NO. The summed E-state index contributed by atoms with van der Waals surface area (Å²) in [4.78, 5) is 2.43. The molecule has 0 spiro atoms. The van der Waals surface area contributed by atoms with Gasteiger partial charge in [0.15, 0.2) is 0 Å². The summed E-state index contributed by atoms with van der Waals surface area (Å²) < 4.78 is 0. The van der Waals surface area contributed by atoms with E-state index in [1.54, 1.807) is 0 Å². The van der Waals surface area contributed by atoms with Gasteiger partial charge in [-0.1, -0.05) is 42.5 Å². The van der Waals surface area contributed by atoms with E-state index >= 15 is 0 Å². The minimum atomic E-state index is -0.787. The fraction of sp³-hybridized carbons (Fsp3) is 0.368. The van der Waals surface area contributed by atoms with Crippen LogP contribution in [0, 0.1) is 0 Å². The molecule has 21 heavy (non-hydrogen) atoms. The molecule has 2 aromatic rings. The van der Waals surface area contributed by atoms with Gasteiger partial charge in [-0.2, -0.15) is 0 Å². The zero-order chi connectivity index (χ0) is 14.9. The number of anilines is 1. The summed E-state index contributed by atoms with van der Waals surface area (Å²) in [5.74, 6) is 0. The first-order valence-electron chi connectivity index (χ1n) is 7.69. The molecule has 0 atom stereocenters. The van der Waals surface area contributed by atoms with Crippen LogP contribution in [0.2, 0.25) is 0 Å². The van der Waals surface area contributed by atoms with Gasteiger partial charge in [-0.15, -0.1) is 0 Å². The quantitative estimate of drug-likeness (QED) is 0.923. The van der Waals surface area contributed by atoms with Crippen LogP contribution in [-0.4, -0.2) is 11.7 Å². The van der Waals surface area contributed by atoms with E-state index in [2.05, 4.69) is 53.4 Å². The van der Waals surface area contributed by atoms with E-state index in [1.165, 1.54) is 23.2 Å². The van der Waals surface area contributed by atoms with E-state index in [0.717, 1.165) is 25.1 Å². The zero-order valence-corrected chi connectivity index (χ0v) is 12.8. The maximum Gasteiger partial charge on any atom is 0.0841 e. The van der Waals surface area contributed by atoms with Gasteiger partial charge in [-0.3, -0.25) is 0 Å². The van der Waals surface area contributed by atoms with Crippen molar-refractivity contribution in [3.63, 3.8) is 0 Å². The number of nitrogens with zero attached hydrogens (tertiary/aromatic N) is 1. The molecule has 0 saturated heterocycles. The Bertz CT molecular complexity index is 613. The van der Waals surface area contributed by atoms with Gasteiger partial charge in [-0.05, 0) is 49.4 Å². The van der Waals surface area contributed by atoms with Crippen LogP contribution in [0.3, 0.4) is 0 Å². The molecule has 0 saturated carbocycles. The summed E-state index contributed by atoms with van der Waals surface area (Å²) in [5.41, 5.74) is 4.21. The molecule has 0 unspecified atom stereocenters. The molecule has 1 aliphatic rings. The van der Waals surface area contributed by atoms with Gasteiger partial charge in [-0.25, -0.2) is 0 Å². The monoisotopic (exact) mass is 281 g/mol. The molecular weight excluding hydrogens is 258 g/mol. The third-order valence-corrected chi connectivity index (χ3v) is 4.22. The Morgan fingerprint density at radius 1 is 1.10 bits per heavy atom. The van der Waals surface area contributed by atoms with Crippen molar-refractivity contribution >= 4 is 5.69 Å². The number of hydrogen-bond acceptors (Lipinski definition) is 2. The summed E-state index contributed by atoms with van der Waals surface area (Å²) in [5, 5.41) is 10.2. The van der Waals surface area contributed by atoms with Gasteiger partial charge < -0.3 is 10.0 Å². The SMILES string of the molecule is CC(C)(O)c1ccc2c(c1)N(Cc1ccccc1)CCC2. The topological polar surface area (TPSA) is 23.5 Å². The van der Waals surface area contributed by atoms with Crippen molar-refractivity contribution in [2.24, 2.45) is 0 Å². The van der Waals surface area contributed by atoms with Crippen LogP contribution in [0.4, 0.5) is 5.69 Å². The Morgan fingerprint density at radius 2 is 1.86 bits per heavy atom. The van der Waals surface area contributed by atoms with Crippen molar-refractivity contribution in [3.8, 4) is 0 Å². The molecule has 1 heterocycles. The number of fused-ring (bicyclic) bond motifs is 1. The van der Waals surface area contributed by atoms with Gasteiger partial charge in [0.25, 0.3) is 0 Å². The molecule has 0 bridgehead atoms. The smallest absolute Gasteiger partial charge is 0.0841 e. The molecule has 2 nitrogen and oxygen atoms in total. The molecule has 0 fully saturated rings. The molecule has 2 aromatic carbocycles. The highest BCUT2D eigenvalue weighted by molar-refractivity contribution is 5.58. The van der Waals surface area contributed by atoms with Crippen molar-refractivity contribution in [3.05, 3.63) is 65.2 Å². The molecule has 0 amide bonds. The summed E-state index contributed by atoms with van der Waals surface area (Å²) in [6.07, 6.45) is 2.33. The second kappa shape index (κ2) is 5.53. The van der Waals surface area contributed by atoms with Crippen LogP contribution in [-0.2, 0) is 18.6 Å². The number of hydrogen-bond donors (Lipinski definition) is 1. The predicted molar refractivity (Wildman–Crippen MR) is 87.5 cm³/mol. The Morgan fingerprint density at radius 3 is 2.57 bits per heavy atom. The summed E-state index contributed by atoms with van der Waals surface area (Å²) in [6.45, 7) is 5.71. The first kappa shape index (κ1) is 14.2. The standard InChI is InChI=1S/C19H23NO/c1-19(2,21)17-11-10-16-9-6-12-20(18(16)13-17)14-15-7-4-3-5-8-15/h3-5,7-8,10-11,13,21H,6,9,12,14H2,1-2H3. The zero-order valence-electron chi connectivity index (χ0n) is 12.8. The van der Waals surface area contributed by atoms with Crippen LogP contribution < -0.4 is 4.90 Å². The summed E-state index contributed by atoms with van der Waals surface area (Å²) in [7, 11) is 0. The van der Waals surface area contributed by atoms with Crippen molar-refractivity contribution in [2.75, 3.05) is 11.4 Å². The first-order valence-corrected chi connectivity index (χ1v) is 7.69. The van der Waals surface area contributed by atoms with E-state index in [1.807, 2.05) is 13.8 Å². The second-order valence-corrected chi connectivity index (χ2v) is 6.41. The van der Waals surface area contributed by atoms with E-state index in [0.29, 0.717) is 0 Å². The van der Waals surface area contributed by atoms with E-state index < -0.39 is 5.60 Å². The number of rotatable bonds is 3. The summed E-state index contributed by atoms with van der Waals surface area (Å²) in [6, 6.07) is 17.0. The second-order valence-electron chi connectivity index (χ2n) is 6.41. The van der Waals surface area contributed by atoms with Gasteiger partial charge in [0.2, 0.25) is 0 Å². The molecule has 0 aromatic heterocycles. The minimum Gasteiger partial charge on any atom is -0.386 e. The lowest BCUT2D eigenvalue weighted by Crippen LogP contribution is -2.29. The Balaban J connectivity index is 1.93. The lowest BCUT2D eigenvalue weighted by atomic mass is 9.92. The Hall–Kier alpha value is -1.80. The van der Waals surface area contributed by atoms with Crippen LogP contribution in [0.15, 0.2) is 48.5 Å². The molecule has 1 aliphatic heterocycles. The van der Waals surface area contributed by atoms with E-state index in [9.17, 15) is 5.11 Å².